The number of para-hydroxylation sites is 2. The monoisotopic (exact) mass is 316 g/mol. The summed E-state index contributed by atoms with van der Waals surface area (Å²) in [5.41, 5.74) is 1.40. The van der Waals surface area contributed by atoms with Gasteiger partial charge >= 0.3 is 0 Å². The van der Waals surface area contributed by atoms with Gasteiger partial charge in [-0.1, -0.05) is 12.1 Å². The van der Waals surface area contributed by atoms with Gasteiger partial charge in [0.15, 0.2) is 11.5 Å². The summed E-state index contributed by atoms with van der Waals surface area (Å²) < 4.78 is 15.6. The maximum atomic E-state index is 12.0. The number of hydrogen-bond donors (Lipinski definition) is 2. The van der Waals surface area contributed by atoms with Gasteiger partial charge in [-0.05, 0) is 24.3 Å². The van der Waals surface area contributed by atoms with Crippen LogP contribution >= 0.6 is 0 Å². The summed E-state index contributed by atoms with van der Waals surface area (Å²) in [4.78, 5) is 12.0. The Morgan fingerprint density at radius 3 is 2.30 bits per heavy atom. The van der Waals surface area contributed by atoms with Crippen molar-refractivity contribution >= 4 is 17.3 Å². The number of ether oxygens (including phenoxy) is 3. The Hall–Kier alpha value is -2.89. The van der Waals surface area contributed by atoms with Crippen molar-refractivity contribution in [3.63, 3.8) is 0 Å². The number of anilines is 2. The number of rotatable bonds is 7. The molecule has 0 bridgehead atoms. The van der Waals surface area contributed by atoms with Crippen LogP contribution in [0.1, 0.15) is 0 Å². The van der Waals surface area contributed by atoms with E-state index in [-0.39, 0.29) is 12.5 Å². The average molecular weight is 316 g/mol. The number of nitrogens with one attached hydrogen (secondary N) is 2. The van der Waals surface area contributed by atoms with Gasteiger partial charge in [0.05, 0.1) is 33.6 Å². The van der Waals surface area contributed by atoms with E-state index in [1.807, 2.05) is 18.2 Å². The quantitative estimate of drug-likeness (QED) is 0.822. The van der Waals surface area contributed by atoms with Gasteiger partial charge in [-0.25, -0.2) is 0 Å². The van der Waals surface area contributed by atoms with Crippen LogP contribution in [0.4, 0.5) is 11.4 Å². The number of amides is 1. The molecule has 0 spiro atoms. The SMILES string of the molecule is COc1ccccc1NC(=O)CNc1ccc(OC)c(OC)c1. The molecule has 2 aromatic rings. The van der Waals surface area contributed by atoms with E-state index in [9.17, 15) is 4.79 Å². The molecule has 0 aliphatic rings. The molecule has 2 rings (SSSR count). The number of carbonyl (C=O) groups is 1. The second-order valence-corrected chi connectivity index (χ2v) is 4.67. The van der Waals surface area contributed by atoms with Gasteiger partial charge in [-0.2, -0.15) is 0 Å². The van der Waals surface area contributed by atoms with Gasteiger partial charge in [0.1, 0.15) is 5.75 Å². The largest absolute Gasteiger partial charge is 0.495 e. The summed E-state index contributed by atoms with van der Waals surface area (Å²) in [6.45, 7) is 0.119. The van der Waals surface area contributed by atoms with Crippen LogP contribution in [0.2, 0.25) is 0 Å². The molecule has 0 saturated heterocycles. The second-order valence-electron chi connectivity index (χ2n) is 4.67. The van der Waals surface area contributed by atoms with Crippen LogP contribution in [0.15, 0.2) is 42.5 Å². The highest BCUT2D eigenvalue weighted by Crippen LogP contribution is 2.29. The van der Waals surface area contributed by atoms with Crippen molar-refractivity contribution in [1.29, 1.82) is 0 Å². The first kappa shape index (κ1) is 16.5. The van der Waals surface area contributed by atoms with Crippen molar-refractivity contribution in [3.05, 3.63) is 42.5 Å². The lowest BCUT2D eigenvalue weighted by Crippen LogP contribution is -2.22. The topological polar surface area (TPSA) is 68.8 Å². The van der Waals surface area contributed by atoms with Crippen LogP contribution in [0.5, 0.6) is 17.2 Å². The highest BCUT2D eigenvalue weighted by atomic mass is 16.5. The zero-order valence-corrected chi connectivity index (χ0v) is 13.4. The third-order valence-corrected chi connectivity index (χ3v) is 3.22. The molecule has 0 atom stereocenters. The van der Waals surface area contributed by atoms with Crippen LogP contribution in [-0.4, -0.2) is 33.8 Å². The molecule has 0 heterocycles. The molecule has 2 N–H and O–H groups in total. The van der Waals surface area contributed by atoms with Gasteiger partial charge < -0.3 is 24.8 Å². The summed E-state index contributed by atoms with van der Waals surface area (Å²) in [7, 11) is 4.70. The molecule has 122 valence electrons. The molecular formula is C17H20N2O4. The minimum Gasteiger partial charge on any atom is -0.495 e. The Morgan fingerprint density at radius 2 is 1.61 bits per heavy atom. The number of hydrogen-bond acceptors (Lipinski definition) is 5. The maximum absolute atomic E-state index is 12.0. The van der Waals surface area contributed by atoms with Crippen LogP contribution in [0, 0.1) is 0 Å². The molecule has 6 heteroatoms. The van der Waals surface area contributed by atoms with E-state index in [0.29, 0.717) is 22.9 Å². The fraction of sp³-hybridized carbons (Fsp3) is 0.235. The molecule has 1 amide bonds. The standard InChI is InChI=1S/C17H20N2O4/c1-21-14-7-5-4-6-13(14)19-17(20)11-18-12-8-9-15(22-2)16(10-12)23-3/h4-10,18H,11H2,1-3H3,(H,19,20). The van der Waals surface area contributed by atoms with E-state index in [0.717, 1.165) is 5.69 Å². The van der Waals surface area contributed by atoms with E-state index in [1.165, 1.54) is 0 Å². The molecule has 0 fully saturated rings. The Kier molecular flexibility index (Phi) is 5.68. The summed E-state index contributed by atoms with van der Waals surface area (Å²) in [5, 5.41) is 5.84. The third kappa shape index (κ3) is 4.29. The van der Waals surface area contributed by atoms with Gasteiger partial charge in [-0.15, -0.1) is 0 Å². The lowest BCUT2D eigenvalue weighted by Gasteiger charge is -2.12. The highest BCUT2D eigenvalue weighted by Gasteiger charge is 2.08. The van der Waals surface area contributed by atoms with Crippen molar-refractivity contribution in [2.45, 2.75) is 0 Å². The van der Waals surface area contributed by atoms with E-state index in [1.54, 1.807) is 45.6 Å². The van der Waals surface area contributed by atoms with Crippen LogP contribution in [0.3, 0.4) is 0 Å². The summed E-state index contributed by atoms with van der Waals surface area (Å²) in [5.74, 6) is 1.68. The first-order valence-corrected chi connectivity index (χ1v) is 7.06. The van der Waals surface area contributed by atoms with Crippen molar-refractivity contribution in [2.75, 3.05) is 38.5 Å². The predicted molar refractivity (Wildman–Crippen MR) is 89.7 cm³/mol. The molecule has 0 radical (unpaired) electrons. The predicted octanol–water partition coefficient (Wildman–Crippen LogP) is 2.76. The van der Waals surface area contributed by atoms with Crippen LogP contribution < -0.4 is 24.8 Å². The molecule has 0 aliphatic heterocycles. The Bertz CT molecular complexity index is 673. The van der Waals surface area contributed by atoms with Gasteiger partial charge in [0.25, 0.3) is 0 Å². The summed E-state index contributed by atoms with van der Waals surface area (Å²) in [6, 6.07) is 12.6. The van der Waals surface area contributed by atoms with Crippen LogP contribution in [0.25, 0.3) is 0 Å². The molecule has 6 nitrogen and oxygen atoms in total. The summed E-state index contributed by atoms with van der Waals surface area (Å²) in [6.07, 6.45) is 0. The lowest BCUT2D eigenvalue weighted by atomic mass is 10.2. The molecule has 2 aromatic carbocycles. The van der Waals surface area contributed by atoms with Gasteiger partial charge in [0.2, 0.25) is 5.91 Å². The van der Waals surface area contributed by atoms with E-state index in [4.69, 9.17) is 14.2 Å². The number of methoxy groups -OCH3 is 3. The number of carbonyl (C=O) groups excluding carboxylic acids is 1. The maximum Gasteiger partial charge on any atom is 0.243 e. The second kappa shape index (κ2) is 7.93. The average Bonchev–Trinajstić information content (AvgIpc) is 2.60. The van der Waals surface area contributed by atoms with Crippen molar-refractivity contribution in [1.82, 2.24) is 0 Å². The van der Waals surface area contributed by atoms with Crippen LogP contribution in [-0.2, 0) is 4.79 Å². The molecule has 0 aliphatic carbocycles. The smallest absolute Gasteiger partial charge is 0.243 e. The van der Waals surface area contributed by atoms with Crippen molar-refractivity contribution in [2.24, 2.45) is 0 Å². The minimum atomic E-state index is -0.177. The Balaban J connectivity index is 1.96. The molecular weight excluding hydrogens is 296 g/mol. The fourth-order valence-electron chi connectivity index (χ4n) is 2.07. The van der Waals surface area contributed by atoms with Gasteiger partial charge in [0, 0.05) is 11.8 Å². The minimum absolute atomic E-state index is 0.119. The normalized spacial score (nSPS) is 9.87. The zero-order chi connectivity index (χ0) is 16.7. The molecule has 23 heavy (non-hydrogen) atoms. The Labute approximate surface area is 135 Å². The zero-order valence-electron chi connectivity index (χ0n) is 13.4. The fourth-order valence-corrected chi connectivity index (χ4v) is 2.07. The molecule has 0 unspecified atom stereocenters. The van der Waals surface area contributed by atoms with E-state index in [2.05, 4.69) is 10.6 Å². The third-order valence-electron chi connectivity index (χ3n) is 3.22. The molecule has 0 saturated carbocycles. The lowest BCUT2D eigenvalue weighted by molar-refractivity contribution is -0.114. The van der Waals surface area contributed by atoms with Crippen molar-refractivity contribution < 1.29 is 19.0 Å². The number of benzene rings is 2. The first-order valence-electron chi connectivity index (χ1n) is 7.06. The molecule has 0 aromatic heterocycles. The highest BCUT2D eigenvalue weighted by molar-refractivity contribution is 5.95. The first-order chi connectivity index (χ1) is 11.2. The van der Waals surface area contributed by atoms with Crippen molar-refractivity contribution in [3.8, 4) is 17.2 Å². The van der Waals surface area contributed by atoms with Gasteiger partial charge in [-0.3, -0.25) is 4.79 Å². The van der Waals surface area contributed by atoms with E-state index >= 15 is 0 Å². The van der Waals surface area contributed by atoms with E-state index < -0.39 is 0 Å². The summed E-state index contributed by atoms with van der Waals surface area (Å²) >= 11 is 0. The Morgan fingerprint density at radius 1 is 0.913 bits per heavy atom.